The third-order valence-corrected chi connectivity index (χ3v) is 10.4. The molecule has 8 rings (SSSR count). The van der Waals surface area contributed by atoms with E-state index in [0.717, 1.165) is 21.9 Å². The van der Waals surface area contributed by atoms with E-state index in [1.54, 1.807) is 46.4 Å². The number of amides is 4. The number of imide groups is 2. The van der Waals surface area contributed by atoms with Crippen LogP contribution in [0.25, 0.3) is 0 Å². The Morgan fingerprint density at radius 1 is 0.481 bits per heavy atom. The second-order valence-corrected chi connectivity index (χ2v) is 12.7. The van der Waals surface area contributed by atoms with Crippen LogP contribution in [0.3, 0.4) is 0 Å². The minimum Gasteiger partial charge on any atom is -0.493 e. The quantitative estimate of drug-likeness (QED) is 0.243. The van der Waals surface area contributed by atoms with E-state index in [2.05, 4.69) is 0 Å². The molecular formula is C38H32F2N4O8. The SMILES string of the molecule is COc1cccc([C@@H]2[C@@H]3C(=O)N(c4cccc(F)c4)C(=O)[C@@H]3N3[C@H](c4cccc(OC)c4OC)[C@H]4C(=O)N(c5cccc(F)c5)C(=O)[C@@H]4N23)c1OC. The third kappa shape index (κ3) is 4.57. The first-order chi connectivity index (χ1) is 25.2. The average Bonchev–Trinajstić information content (AvgIpc) is 3.81. The average molecular weight is 711 g/mol. The number of ether oxygens (including phenoxy) is 4. The molecule has 6 atom stereocenters. The minimum absolute atomic E-state index is 0.0339. The number of methoxy groups -OCH3 is 4. The lowest BCUT2D eigenvalue weighted by Gasteiger charge is -2.36. The van der Waals surface area contributed by atoms with Crippen LogP contribution in [0.15, 0.2) is 84.9 Å². The van der Waals surface area contributed by atoms with Crippen LogP contribution < -0.4 is 28.7 Å². The fraction of sp³-hybridized carbons (Fsp3) is 0.263. The van der Waals surface area contributed by atoms with Crippen molar-refractivity contribution >= 4 is 35.0 Å². The van der Waals surface area contributed by atoms with Gasteiger partial charge in [-0.1, -0.05) is 36.4 Å². The van der Waals surface area contributed by atoms with Crippen molar-refractivity contribution in [2.45, 2.75) is 24.2 Å². The molecular weight excluding hydrogens is 678 g/mol. The molecule has 4 heterocycles. The molecule has 0 unspecified atom stereocenters. The van der Waals surface area contributed by atoms with E-state index in [1.165, 1.54) is 64.8 Å². The number of hydrogen-bond donors (Lipinski definition) is 0. The molecule has 4 amide bonds. The molecule has 52 heavy (non-hydrogen) atoms. The first-order valence-electron chi connectivity index (χ1n) is 16.4. The van der Waals surface area contributed by atoms with Crippen LogP contribution in [0.5, 0.6) is 23.0 Å². The lowest BCUT2D eigenvalue weighted by molar-refractivity contribution is -0.136. The monoisotopic (exact) mass is 710 g/mol. The number of hydrazine groups is 1. The van der Waals surface area contributed by atoms with E-state index < -0.39 is 71.3 Å². The summed E-state index contributed by atoms with van der Waals surface area (Å²) in [6.07, 6.45) is 0. The van der Waals surface area contributed by atoms with Crippen LogP contribution in [0.1, 0.15) is 23.2 Å². The van der Waals surface area contributed by atoms with E-state index in [1.807, 2.05) is 0 Å². The Kier molecular flexibility index (Phi) is 7.95. The highest BCUT2D eigenvalue weighted by Gasteiger charge is 2.74. The maximum absolute atomic E-state index is 14.7. The van der Waals surface area contributed by atoms with Crippen LogP contribution in [0, 0.1) is 23.5 Å². The summed E-state index contributed by atoms with van der Waals surface area (Å²) in [5.74, 6) is -5.14. The standard InChI is InChI=1S/C38H32F2N4O8/c1-49-25-15-7-13-23(33(25)51-3)29-27-31(37(47)41(35(27)45)21-11-5-9-19(39)17-21)44-30(24-14-8-16-26(50-2)34(24)52-4)28-32(43(29)44)38(48)42(36(28)46)22-12-6-10-20(40)18-22/h5-18,27-32H,1-4H3/t27-,28+,29-,30-,31-,32-/m1/s1. The number of nitrogens with zero attached hydrogens (tertiary/aromatic N) is 4. The van der Waals surface area contributed by atoms with Crippen molar-refractivity contribution in [1.29, 1.82) is 0 Å². The maximum Gasteiger partial charge on any atom is 0.253 e. The van der Waals surface area contributed by atoms with E-state index >= 15 is 0 Å². The predicted molar refractivity (Wildman–Crippen MR) is 181 cm³/mol. The molecule has 0 aromatic heterocycles. The van der Waals surface area contributed by atoms with Gasteiger partial charge in [-0.3, -0.25) is 19.2 Å². The van der Waals surface area contributed by atoms with Crippen molar-refractivity contribution in [3.05, 3.63) is 108 Å². The highest BCUT2D eigenvalue weighted by molar-refractivity contribution is 6.26. The van der Waals surface area contributed by atoms with E-state index in [0.29, 0.717) is 22.6 Å². The topological polar surface area (TPSA) is 118 Å². The number of carbonyl (C=O) groups is 4. The number of benzene rings is 4. The number of rotatable bonds is 8. The zero-order valence-electron chi connectivity index (χ0n) is 28.4. The zero-order valence-corrected chi connectivity index (χ0v) is 28.4. The Labute approximate surface area is 296 Å². The number of halogens is 2. The Bertz CT molecular complexity index is 2010. The molecule has 4 aliphatic rings. The Morgan fingerprint density at radius 3 is 1.21 bits per heavy atom. The van der Waals surface area contributed by atoms with Crippen molar-refractivity contribution in [2.75, 3.05) is 38.2 Å². The van der Waals surface area contributed by atoms with Gasteiger partial charge >= 0.3 is 0 Å². The van der Waals surface area contributed by atoms with Gasteiger partial charge < -0.3 is 18.9 Å². The van der Waals surface area contributed by atoms with Gasteiger partial charge in [-0.25, -0.2) is 28.6 Å². The molecule has 4 aromatic carbocycles. The molecule has 4 aliphatic heterocycles. The van der Waals surface area contributed by atoms with Gasteiger partial charge in [0, 0.05) is 11.1 Å². The first kappa shape index (κ1) is 33.3. The Hall–Kier alpha value is -5.86. The molecule has 4 aromatic rings. The largest absolute Gasteiger partial charge is 0.493 e. The summed E-state index contributed by atoms with van der Waals surface area (Å²) >= 11 is 0. The molecule has 266 valence electrons. The maximum atomic E-state index is 14.7. The smallest absolute Gasteiger partial charge is 0.253 e. The number of fused-ring (bicyclic) bond motifs is 5. The van der Waals surface area contributed by atoms with Crippen LogP contribution in [-0.4, -0.2) is 74.2 Å². The molecule has 0 spiro atoms. The van der Waals surface area contributed by atoms with E-state index in [4.69, 9.17) is 18.9 Å². The van der Waals surface area contributed by atoms with Gasteiger partial charge in [0.05, 0.1) is 63.7 Å². The van der Waals surface area contributed by atoms with Gasteiger partial charge in [0.2, 0.25) is 11.8 Å². The van der Waals surface area contributed by atoms with E-state index in [9.17, 15) is 28.0 Å². The fourth-order valence-corrected chi connectivity index (χ4v) is 8.48. The number of para-hydroxylation sites is 2. The molecule has 0 N–H and O–H groups in total. The van der Waals surface area contributed by atoms with Crippen LogP contribution >= 0.6 is 0 Å². The Morgan fingerprint density at radius 2 is 0.865 bits per heavy atom. The summed E-state index contributed by atoms with van der Waals surface area (Å²) in [5, 5.41) is 3.25. The minimum atomic E-state index is -1.27. The molecule has 0 aliphatic carbocycles. The predicted octanol–water partition coefficient (Wildman–Crippen LogP) is 4.44. The van der Waals surface area contributed by atoms with Gasteiger partial charge in [-0.05, 0) is 48.5 Å². The van der Waals surface area contributed by atoms with Crippen molar-refractivity contribution < 1.29 is 46.9 Å². The zero-order chi connectivity index (χ0) is 36.6. The third-order valence-electron chi connectivity index (χ3n) is 10.4. The van der Waals surface area contributed by atoms with Crippen molar-refractivity contribution in [3.63, 3.8) is 0 Å². The summed E-state index contributed by atoms with van der Waals surface area (Å²) in [7, 11) is 5.76. The number of carbonyl (C=O) groups excluding carboxylic acids is 4. The van der Waals surface area contributed by atoms with Crippen LogP contribution in [0.2, 0.25) is 0 Å². The van der Waals surface area contributed by atoms with Crippen LogP contribution in [0.4, 0.5) is 20.2 Å². The second kappa shape index (κ2) is 12.4. The second-order valence-electron chi connectivity index (χ2n) is 12.7. The lowest BCUT2D eigenvalue weighted by Crippen LogP contribution is -2.50. The molecule has 0 bridgehead atoms. The summed E-state index contributed by atoms with van der Waals surface area (Å²) in [5.41, 5.74) is 0.879. The summed E-state index contributed by atoms with van der Waals surface area (Å²) < 4.78 is 52.0. The van der Waals surface area contributed by atoms with Gasteiger partial charge in [0.1, 0.15) is 23.7 Å². The molecule has 12 nitrogen and oxygen atoms in total. The molecule has 0 saturated carbocycles. The van der Waals surface area contributed by atoms with Gasteiger partial charge in [0.25, 0.3) is 11.8 Å². The first-order valence-corrected chi connectivity index (χ1v) is 16.4. The molecule has 4 saturated heterocycles. The molecule has 4 fully saturated rings. The number of anilines is 2. The van der Waals surface area contributed by atoms with Gasteiger partial charge in [-0.2, -0.15) is 0 Å². The molecule has 0 radical (unpaired) electrons. The normalized spacial score (nSPS) is 25.4. The van der Waals surface area contributed by atoms with Gasteiger partial charge in [-0.15, -0.1) is 0 Å². The Balaban J connectivity index is 1.40. The summed E-state index contributed by atoms with van der Waals surface area (Å²) in [6, 6.07) is 15.7. The van der Waals surface area contributed by atoms with Crippen molar-refractivity contribution in [2.24, 2.45) is 11.8 Å². The van der Waals surface area contributed by atoms with Gasteiger partial charge in [0.15, 0.2) is 23.0 Å². The summed E-state index contributed by atoms with van der Waals surface area (Å²) in [4.78, 5) is 60.8. The van der Waals surface area contributed by atoms with Crippen LogP contribution in [-0.2, 0) is 19.2 Å². The van der Waals surface area contributed by atoms with Crippen molar-refractivity contribution in [3.8, 4) is 23.0 Å². The molecule has 14 heteroatoms. The lowest BCUT2D eigenvalue weighted by atomic mass is 9.83. The highest BCUT2D eigenvalue weighted by Crippen LogP contribution is 2.62. The summed E-state index contributed by atoms with van der Waals surface area (Å²) in [6.45, 7) is 0. The van der Waals surface area contributed by atoms with Crippen molar-refractivity contribution in [1.82, 2.24) is 10.0 Å². The number of hydrogen-bond acceptors (Lipinski definition) is 10. The highest BCUT2D eigenvalue weighted by atomic mass is 19.1. The fourth-order valence-electron chi connectivity index (χ4n) is 8.48. The van der Waals surface area contributed by atoms with E-state index in [-0.39, 0.29) is 22.9 Å².